The fourth-order valence-corrected chi connectivity index (χ4v) is 1.85. The number of Topliss-reactive ketones (excluding diaryl/α,β-unsaturated/α-hetero) is 1. The average molecular weight is 261 g/mol. The normalized spacial score (nSPS) is 10.5. The van der Waals surface area contributed by atoms with Gasteiger partial charge in [0.2, 0.25) is 0 Å². The van der Waals surface area contributed by atoms with Gasteiger partial charge < -0.3 is 5.32 Å². The van der Waals surface area contributed by atoms with Crippen LogP contribution in [-0.2, 0) is 0 Å². The molecule has 19 heavy (non-hydrogen) atoms. The van der Waals surface area contributed by atoms with Crippen molar-refractivity contribution in [1.82, 2.24) is 5.32 Å². The zero-order valence-corrected chi connectivity index (χ0v) is 10.4. The summed E-state index contributed by atoms with van der Waals surface area (Å²) in [5.41, 5.74) is 0.605. The van der Waals surface area contributed by atoms with E-state index in [0.717, 1.165) is 0 Å². The minimum absolute atomic E-state index is 0.0973. The van der Waals surface area contributed by atoms with Crippen LogP contribution in [0.4, 0.5) is 8.78 Å². The van der Waals surface area contributed by atoms with E-state index in [1.807, 2.05) is 0 Å². The first kappa shape index (κ1) is 13.4. The number of ketones is 1. The molecule has 4 heteroatoms. The Balaban J connectivity index is 2.49. The maximum absolute atomic E-state index is 13.8. The predicted octanol–water partition coefficient (Wildman–Crippen LogP) is 3.03. The highest BCUT2D eigenvalue weighted by molar-refractivity contribution is 5.98. The van der Waals surface area contributed by atoms with Crippen LogP contribution in [0.25, 0.3) is 11.1 Å². The molecule has 0 bridgehead atoms. The van der Waals surface area contributed by atoms with Gasteiger partial charge in [-0.1, -0.05) is 18.2 Å². The molecule has 98 valence electrons. The number of carbonyl (C=O) groups is 1. The number of likely N-dealkylation sites (N-methyl/N-ethyl adjacent to an activating group) is 1. The Morgan fingerprint density at radius 1 is 1.05 bits per heavy atom. The van der Waals surface area contributed by atoms with Crippen molar-refractivity contribution in [3.8, 4) is 11.1 Å². The molecule has 0 aliphatic rings. The highest BCUT2D eigenvalue weighted by Crippen LogP contribution is 2.26. The lowest BCUT2D eigenvalue weighted by atomic mass is 10.00. The third-order valence-corrected chi connectivity index (χ3v) is 2.79. The molecule has 0 aliphatic carbocycles. The molecular formula is C15H13F2NO. The van der Waals surface area contributed by atoms with Crippen LogP contribution in [0.3, 0.4) is 0 Å². The summed E-state index contributed by atoms with van der Waals surface area (Å²) in [5.74, 6) is -1.23. The molecule has 0 heterocycles. The van der Waals surface area contributed by atoms with E-state index >= 15 is 0 Å². The lowest BCUT2D eigenvalue weighted by Crippen LogP contribution is -2.18. The Morgan fingerprint density at radius 3 is 2.42 bits per heavy atom. The van der Waals surface area contributed by atoms with Crippen LogP contribution in [0, 0.1) is 11.6 Å². The van der Waals surface area contributed by atoms with Gasteiger partial charge in [0.25, 0.3) is 0 Å². The summed E-state index contributed by atoms with van der Waals surface area (Å²) in [6, 6.07) is 9.88. The number of nitrogens with one attached hydrogen (secondary N) is 1. The summed E-state index contributed by atoms with van der Waals surface area (Å²) >= 11 is 0. The second kappa shape index (κ2) is 5.71. The third kappa shape index (κ3) is 2.85. The summed E-state index contributed by atoms with van der Waals surface area (Å²) in [6.07, 6.45) is 0. The summed E-state index contributed by atoms with van der Waals surface area (Å²) < 4.78 is 27.5. The zero-order valence-electron chi connectivity index (χ0n) is 10.4. The molecule has 0 saturated carbocycles. The Bertz CT molecular complexity index is 611. The maximum Gasteiger partial charge on any atom is 0.176 e. The number of rotatable bonds is 4. The molecule has 0 aliphatic heterocycles. The molecule has 0 unspecified atom stereocenters. The fourth-order valence-electron chi connectivity index (χ4n) is 1.85. The maximum atomic E-state index is 13.8. The van der Waals surface area contributed by atoms with Gasteiger partial charge in [0.05, 0.1) is 6.54 Å². The van der Waals surface area contributed by atoms with E-state index in [9.17, 15) is 13.6 Å². The fraction of sp³-hybridized carbons (Fsp3) is 0.133. The van der Waals surface area contributed by atoms with E-state index in [4.69, 9.17) is 0 Å². The van der Waals surface area contributed by atoms with E-state index in [2.05, 4.69) is 5.32 Å². The van der Waals surface area contributed by atoms with Crippen molar-refractivity contribution in [2.45, 2.75) is 0 Å². The SMILES string of the molecule is CNCC(=O)c1ccc(F)c(-c2ccccc2F)c1. The number of halogens is 2. The van der Waals surface area contributed by atoms with Crippen LogP contribution in [0.2, 0.25) is 0 Å². The first-order chi connectivity index (χ1) is 9.13. The van der Waals surface area contributed by atoms with Crippen LogP contribution in [0.5, 0.6) is 0 Å². The second-order valence-corrected chi connectivity index (χ2v) is 4.13. The van der Waals surface area contributed by atoms with E-state index < -0.39 is 11.6 Å². The summed E-state index contributed by atoms with van der Waals surface area (Å²) in [5, 5.41) is 2.73. The lowest BCUT2D eigenvalue weighted by molar-refractivity contribution is 0.0993. The quantitative estimate of drug-likeness (QED) is 0.857. The van der Waals surface area contributed by atoms with E-state index in [-0.39, 0.29) is 23.5 Å². The average Bonchev–Trinajstić information content (AvgIpc) is 2.40. The van der Waals surface area contributed by atoms with Crippen LogP contribution < -0.4 is 5.32 Å². The number of hydrogen-bond donors (Lipinski definition) is 1. The van der Waals surface area contributed by atoms with Gasteiger partial charge in [-0.15, -0.1) is 0 Å². The summed E-state index contributed by atoms with van der Waals surface area (Å²) in [4.78, 5) is 11.7. The van der Waals surface area contributed by atoms with Crippen molar-refractivity contribution in [1.29, 1.82) is 0 Å². The van der Waals surface area contributed by atoms with Gasteiger partial charge in [-0.3, -0.25) is 4.79 Å². The predicted molar refractivity (Wildman–Crippen MR) is 70.1 cm³/mol. The van der Waals surface area contributed by atoms with E-state index in [0.29, 0.717) is 5.56 Å². The second-order valence-electron chi connectivity index (χ2n) is 4.13. The van der Waals surface area contributed by atoms with Crippen molar-refractivity contribution in [3.05, 3.63) is 59.7 Å². The molecular weight excluding hydrogens is 248 g/mol. The molecule has 0 saturated heterocycles. The van der Waals surface area contributed by atoms with Gasteiger partial charge in [0.15, 0.2) is 5.78 Å². The van der Waals surface area contributed by atoms with Gasteiger partial charge in [0, 0.05) is 16.7 Å². The minimum Gasteiger partial charge on any atom is -0.313 e. The molecule has 2 nitrogen and oxygen atoms in total. The third-order valence-electron chi connectivity index (χ3n) is 2.79. The van der Waals surface area contributed by atoms with E-state index in [1.54, 1.807) is 13.1 Å². The molecule has 2 aromatic carbocycles. The van der Waals surface area contributed by atoms with Gasteiger partial charge in [-0.2, -0.15) is 0 Å². The molecule has 0 amide bonds. The first-order valence-electron chi connectivity index (χ1n) is 5.85. The monoisotopic (exact) mass is 261 g/mol. The van der Waals surface area contributed by atoms with Crippen LogP contribution >= 0.6 is 0 Å². The van der Waals surface area contributed by atoms with Crippen molar-refractivity contribution in [2.75, 3.05) is 13.6 Å². The molecule has 0 fully saturated rings. The van der Waals surface area contributed by atoms with Crippen LogP contribution in [0.15, 0.2) is 42.5 Å². The zero-order chi connectivity index (χ0) is 13.8. The minimum atomic E-state index is -0.550. The van der Waals surface area contributed by atoms with E-state index in [1.165, 1.54) is 36.4 Å². The molecule has 2 aromatic rings. The van der Waals surface area contributed by atoms with Gasteiger partial charge in [-0.05, 0) is 31.3 Å². The first-order valence-corrected chi connectivity index (χ1v) is 5.85. The van der Waals surface area contributed by atoms with Gasteiger partial charge in [-0.25, -0.2) is 8.78 Å². The Labute approximate surface area is 110 Å². The lowest BCUT2D eigenvalue weighted by Gasteiger charge is -2.07. The van der Waals surface area contributed by atoms with Gasteiger partial charge in [0.1, 0.15) is 11.6 Å². The molecule has 0 radical (unpaired) electrons. The highest BCUT2D eigenvalue weighted by atomic mass is 19.1. The Morgan fingerprint density at radius 2 is 1.74 bits per heavy atom. The van der Waals surface area contributed by atoms with Crippen molar-refractivity contribution < 1.29 is 13.6 Å². The number of benzene rings is 2. The number of carbonyl (C=O) groups excluding carboxylic acids is 1. The van der Waals surface area contributed by atoms with Crippen molar-refractivity contribution in [3.63, 3.8) is 0 Å². The molecule has 0 aromatic heterocycles. The number of hydrogen-bond acceptors (Lipinski definition) is 2. The molecule has 1 N–H and O–H groups in total. The Hall–Kier alpha value is -2.07. The molecule has 0 spiro atoms. The smallest absolute Gasteiger partial charge is 0.176 e. The largest absolute Gasteiger partial charge is 0.313 e. The van der Waals surface area contributed by atoms with Crippen LogP contribution in [0.1, 0.15) is 10.4 Å². The summed E-state index contributed by atoms with van der Waals surface area (Å²) in [7, 11) is 1.65. The van der Waals surface area contributed by atoms with Crippen LogP contribution in [-0.4, -0.2) is 19.4 Å². The topological polar surface area (TPSA) is 29.1 Å². The Kier molecular flexibility index (Phi) is 4.02. The standard InChI is InChI=1S/C15H13F2NO/c1-18-9-15(19)10-6-7-14(17)12(8-10)11-4-2-3-5-13(11)16/h2-8,18H,9H2,1H3. The van der Waals surface area contributed by atoms with Crippen molar-refractivity contribution >= 4 is 5.78 Å². The van der Waals surface area contributed by atoms with Crippen molar-refractivity contribution in [2.24, 2.45) is 0 Å². The molecule has 2 rings (SSSR count). The highest BCUT2D eigenvalue weighted by Gasteiger charge is 2.13. The van der Waals surface area contributed by atoms with Gasteiger partial charge >= 0.3 is 0 Å². The molecule has 0 atom stereocenters. The summed E-state index contributed by atoms with van der Waals surface area (Å²) in [6.45, 7) is 0.155.